The van der Waals surface area contributed by atoms with Crippen molar-refractivity contribution >= 4 is 5.78 Å². The summed E-state index contributed by atoms with van der Waals surface area (Å²) in [5.74, 6) is -0.377. The van der Waals surface area contributed by atoms with Crippen LogP contribution in [0.1, 0.15) is 22.3 Å². The van der Waals surface area contributed by atoms with Gasteiger partial charge in [-0.15, -0.1) is 0 Å². The summed E-state index contributed by atoms with van der Waals surface area (Å²) in [6.45, 7) is 0.403. The Kier molecular flexibility index (Phi) is 2.92. The lowest BCUT2D eigenvalue weighted by atomic mass is 10.1. The van der Waals surface area contributed by atoms with Crippen molar-refractivity contribution in [1.82, 2.24) is 0 Å². The maximum atomic E-state index is 12.5. The molecule has 0 atom stereocenters. The van der Waals surface area contributed by atoms with Gasteiger partial charge in [-0.25, -0.2) is 0 Å². The highest BCUT2D eigenvalue weighted by Gasteiger charge is 2.31. The van der Waals surface area contributed by atoms with Gasteiger partial charge in [-0.2, -0.15) is 13.2 Å². The fraction of sp³-hybridized carbons (Fsp3) is 0.250. The number of rotatable bonds is 2. The lowest BCUT2D eigenvalue weighted by Gasteiger charge is -2.08. The minimum atomic E-state index is -4.44. The monoisotopic (exact) mass is 242 g/mol. The van der Waals surface area contributed by atoms with Crippen molar-refractivity contribution in [2.75, 3.05) is 6.61 Å². The van der Waals surface area contributed by atoms with Crippen LogP contribution in [0.25, 0.3) is 0 Å². The molecule has 2 nitrogen and oxygen atoms in total. The number of Topliss-reactive ketones (excluding diaryl/α,β-unsaturated/α-hetero) is 1. The number of ether oxygens (including phenoxy) is 1. The third-order valence-corrected chi connectivity index (χ3v) is 2.38. The Bertz CT molecular complexity index is 475. The molecule has 1 aliphatic rings. The van der Waals surface area contributed by atoms with Gasteiger partial charge in [0.15, 0.2) is 5.76 Å². The second-order valence-corrected chi connectivity index (χ2v) is 3.61. The number of hydrogen-bond donors (Lipinski definition) is 0. The molecule has 1 heterocycles. The average Bonchev–Trinajstić information content (AvgIpc) is 2.80. The molecule has 0 N–H and O–H groups in total. The van der Waals surface area contributed by atoms with Crippen LogP contribution < -0.4 is 0 Å². The van der Waals surface area contributed by atoms with Crippen molar-refractivity contribution < 1.29 is 22.7 Å². The van der Waals surface area contributed by atoms with Gasteiger partial charge in [0.05, 0.1) is 12.2 Å². The molecular formula is C12H9F3O2. The first-order valence-electron chi connectivity index (χ1n) is 5.03. The number of ketones is 1. The molecule has 0 radical (unpaired) electrons. The summed E-state index contributed by atoms with van der Waals surface area (Å²) >= 11 is 0. The lowest BCUT2D eigenvalue weighted by Crippen LogP contribution is -2.09. The lowest BCUT2D eigenvalue weighted by molar-refractivity contribution is -0.137. The van der Waals surface area contributed by atoms with Crippen molar-refractivity contribution in [3.63, 3.8) is 0 Å². The van der Waals surface area contributed by atoms with E-state index >= 15 is 0 Å². The number of hydrogen-bond acceptors (Lipinski definition) is 2. The third-order valence-electron chi connectivity index (χ3n) is 2.38. The molecule has 5 heteroatoms. The molecule has 0 fully saturated rings. The molecule has 0 saturated heterocycles. The summed E-state index contributed by atoms with van der Waals surface area (Å²) in [5, 5.41) is 0. The van der Waals surface area contributed by atoms with E-state index in [-0.39, 0.29) is 11.3 Å². The van der Waals surface area contributed by atoms with Crippen molar-refractivity contribution in [2.24, 2.45) is 0 Å². The standard InChI is InChI=1S/C12H9F3O2/c13-12(14,15)9-4-1-3-8(7-9)11(16)10-5-2-6-17-10/h1,3-5,7H,2,6H2. The van der Waals surface area contributed by atoms with Crippen LogP contribution in [-0.4, -0.2) is 12.4 Å². The average molecular weight is 242 g/mol. The van der Waals surface area contributed by atoms with E-state index in [1.54, 1.807) is 6.08 Å². The smallest absolute Gasteiger partial charge is 0.416 e. The number of alkyl halides is 3. The molecule has 0 bridgehead atoms. The van der Waals surface area contributed by atoms with E-state index in [4.69, 9.17) is 4.74 Å². The summed E-state index contributed by atoms with van der Waals surface area (Å²) in [7, 11) is 0. The topological polar surface area (TPSA) is 26.3 Å². The van der Waals surface area contributed by atoms with Crippen molar-refractivity contribution in [1.29, 1.82) is 0 Å². The molecule has 0 spiro atoms. The highest BCUT2D eigenvalue weighted by atomic mass is 19.4. The summed E-state index contributed by atoms with van der Waals surface area (Å²) in [6, 6.07) is 4.33. The Morgan fingerprint density at radius 1 is 1.29 bits per heavy atom. The molecule has 90 valence electrons. The fourth-order valence-electron chi connectivity index (χ4n) is 1.56. The predicted molar refractivity (Wildman–Crippen MR) is 54.4 cm³/mol. The molecule has 1 aliphatic heterocycles. The van der Waals surface area contributed by atoms with Gasteiger partial charge in [0.1, 0.15) is 0 Å². The van der Waals surface area contributed by atoms with E-state index in [2.05, 4.69) is 0 Å². The van der Waals surface area contributed by atoms with Crippen molar-refractivity contribution in [3.8, 4) is 0 Å². The number of benzene rings is 1. The van der Waals surface area contributed by atoms with E-state index < -0.39 is 17.5 Å². The molecule has 1 aromatic carbocycles. The van der Waals surface area contributed by atoms with Gasteiger partial charge in [-0.1, -0.05) is 12.1 Å². The van der Waals surface area contributed by atoms with Crippen LogP contribution in [0.2, 0.25) is 0 Å². The minimum absolute atomic E-state index is 0.00650. The number of allylic oxidation sites excluding steroid dienone is 1. The molecule has 1 aromatic rings. The van der Waals surface area contributed by atoms with E-state index in [0.29, 0.717) is 13.0 Å². The first-order chi connectivity index (χ1) is 7.98. The Hall–Kier alpha value is -1.78. The Balaban J connectivity index is 2.30. The Morgan fingerprint density at radius 2 is 2.06 bits per heavy atom. The van der Waals surface area contributed by atoms with E-state index in [0.717, 1.165) is 12.1 Å². The summed E-state index contributed by atoms with van der Waals surface area (Å²) < 4.78 is 42.4. The van der Waals surface area contributed by atoms with Gasteiger partial charge >= 0.3 is 6.18 Å². The van der Waals surface area contributed by atoms with Crippen LogP contribution in [0.3, 0.4) is 0 Å². The number of carbonyl (C=O) groups excluding carboxylic acids is 1. The van der Waals surface area contributed by atoms with Crippen LogP contribution in [-0.2, 0) is 10.9 Å². The van der Waals surface area contributed by atoms with Gasteiger partial charge in [0, 0.05) is 12.0 Å². The van der Waals surface area contributed by atoms with Gasteiger partial charge in [0.2, 0.25) is 5.78 Å². The SMILES string of the molecule is O=C(C1=CCCO1)c1cccc(C(F)(F)F)c1. The molecule has 0 aromatic heterocycles. The fourth-order valence-corrected chi connectivity index (χ4v) is 1.56. The quantitative estimate of drug-likeness (QED) is 0.744. The zero-order chi connectivity index (χ0) is 12.5. The minimum Gasteiger partial charge on any atom is -0.489 e. The van der Waals surface area contributed by atoms with Crippen LogP contribution in [0.5, 0.6) is 0 Å². The Morgan fingerprint density at radius 3 is 2.65 bits per heavy atom. The summed E-state index contributed by atoms with van der Waals surface area (Å²) in [5.41, 5.74) is -0.838. The van der Waals surface area contributed by atoms with Gasteiger partial charge in [0.25, 0.3) is 0 Å². The molecule has 17 heavy (non-hydrogen) atoms. The highest BCUT2D eigenvalue weighted by molar-refractivity contribution is 6.07. The molecule has 2 rings (SSSR count). The van der Waals surface area contributed by atoms with E-state index in [1.807, 2.05) is 0 Å². The molecule has 0 saturated carbocycles. The van der Waals surface area contributed by atoms with Crippen LogP contribution in [0, 0.1) is 0 Å². The number of carbonyl (C=O) groups is 1. The van der Waals surface area contributed by atoms with Gasteiger partial charge in [-0.05, 0) is 18.2 Å². The van der Waals surface area contributed by atoms with E-state index in [9.17, 15) is 18.0 Å². The largest absolute Gasteiger partial charge is 0.489 e. The first kappa shape index (κ1) is 11.7. The predicted octanol–water partition coefficient (Wildman–Crippen LogP) is 3.19. The second kappa shape index (κ2) is 4.24. The first-order valence-corrected chi connectivity index (χ1v) is 5.03. The molecular weight excluding hydrogens is 233 g/mol. The third kappa shape index (κ3) is 2.49. The zero-order valence-electron chi connectivity index (χ0n) is 8.75. The normalized spacial score (nSPS) is 15.4. The van der Waals surface area contributed by atoms with Crippen molar-refractivity contribution in [2.45, 2.75) is 12.6 Å². The van der Waals surface area contributed by atoms with E-state index in [1.165, 1.54) is 12.1 Å². The summed E-state index contributed by atoms with van der Waals surface area (Å²) in [6.07, 6.45) is -2.25. The van der Waals surface area contributed by atoms with Gasteiger partial charge in [-0.3, -0.25) is 4.79 Å². The van der Waals surface area contributed by atoms with Crippen molar-refractivity contribution in [3.05, 3.63) is 47.2 Å². The number of halogens is 3. The van der Waals surface area contributed by atoms with Crippen LogP contribution in [0.4, 0.5) is 13.2 Å². The summed E-state index contributed by atoms with van der Waals surface area (Å²) in [4.78, 5) is 11.8. The van der Waals surface area contributed by atoms with Gasteiger partial charge < -0.3 is 4.74 Å². The molecule has 0 amide bonds. The maximum Gasteiger partial charge on any atom is 0.416 e. The zero-order valence-corrected chi connectivity index (χ0v) is 8.75. The highest BCUT2D eigenvalue weighted by Crippen LogP contribution is 2.30. The Labute approximate surface area is 95.7 Å². The molecule has 0 aliphatic carbocycles. The molecule has 0 unspecified atom stereocenters. The second-order valence-electron chi connectivity index (χ2n) is 3.61. The van der Waals surface area contributed by atoms with Crippen LogP contribution >= 0.6 is 0 Å². The maximum absolute atomic E-state index is 12.5. The van der Waals surface area contributed by atoms with Crippen LogP contribution in [0.15, 0.2) is 36.1 Å².